The molecule has 90 valence electrons. The number of hydrogen-bond acceptors (Lipinski definition) is 0. The maximum Gasteiger partial charge on any atom is -0.00602 e. The Bertz CT molecular complexity index is 301. The Labute approximate surface area is 114 Å². The van der Waals surface area contributed by atoms with Crippen molar-refractivity contribution in [3.8, 4) is 0 Å². The van der Waals surface area contributed by atoms with E-state index in [1.54, 1.807) is 3.58 Å². The number of allylic oxidation sites excluding steroid dienone is 4. The minimum atomic E-state index is 0.878. The van der Waals surface area contributed by atoms with E-state index in [0.717, 1.165) is 29.6 Å². The van der Waals surface area contributed by atoms with Gasteiger partial charge in [-0.15, -0.1) is 0 Å². The monoisotopic (exact) mass is 330 g/mol. The summed E-state index contributed by atoms with van der Waals surface area (Å²) in [6.07, 6.45) is 11.1. The maximum absolute atomic E-state index is 2.57. The molecule has 2 fully saturated rings. The van der Waals surface area contributed by atoms with Crippen LogP contribution in [0.1, 0.15) is 40.0 Å². The lowest BCUT2D eigenvalue weighted by Gasteiger charge is -2.23. The second kappa shape index (κ2) is 5.24. The normalized spacial score (nSPS) is 39.2. The van der Waals surface area contributed by atoms with E-state index < -0.39 is 0 Å². The molecule has 16 heavy (non-hydrogen) atoms. The van der Waals surface area contributed by atoms with E-state index in [4.69, 9.17) is 0 Å². The van der Waals surface area contributed by atoms with Crippen molar-refractivity contribution < 1.29 is 0 Å². The van der Waals surface area contributed by atoms with Gasteiger partial charge in [-0.25, -0.2) is 0 Å². The first-order chi connectivity index (χ1) is 7.65. The van der Waals surface area contributed by atoms with Crippen LogP contribution < -0.4 is 0 Å². The lowest BCUT2D eigenvalue weighted by molar-refractivity contribution is 0.287. The van der Waals surface area contributed by atoms with Gasteiger partial charge in [0.15, 0.2) is 0 Å². The van der Waals surface area contributed by atoms with Gasteiger partial charge in [-0.3, -0.25) is 0 Å². The molecule has 4 atom stereocenters. The zero-order valence-corrected chi connectivity index (χ0v) is 12.8. The van der Waals surface area contributed by atoms with E-state index in [0.29, 0.717) is 0 Å². The second-order valence-electron chi connectivity index (χ2n) is 5.74. The predicted octanol–water partition coefficient (Wildman–Crippen LogP) is 5.20. The van der Waals surface area contributed by atoms with Gasteiger partial charge in [0.05, 0.1) is 0 Å². The summed E-state index contributed by atoms with van der Waals surface area (Å²) in [5.41, 5.74) is 0. The number of hydrogen-bond donors (Lipinski definition) is 0. The first-order valence-electron chi connectivity index (χ1n) is 6.63. The molecular formula is C15H23I. The first-order valence-corrected chi connectivity index (χ1v) is 7.71. The summed E-state index contributed by atoms with van der Waals surface area (Å²) in [5.74, 6) is 4.78. The Hall–Kier alpha value is 0.210. The molecule has 0 amide bonds. The van der Waals surface area contributed by atoms with Crippen molar-refractivity contribution in [3.63, 3.8) is 0 Å². The number of fused-ring (bicyclic) bond motifs is 2. The molecule has 2 aliphatic rings. The van der Waals surface area contributed by atoms with Gasteiger partial charge in [-0.2, -0.15) is 0 Å². The smallest absolute Gasteiger partial charge is 0.00602 e. The van der Waals surface area contributed by atoms with Crippen LogP contribution in [-0.4, -0.2) is 0 Å². The van der Waals surface area contributed by atoms with Gasteiger partial charge >= 0.3 is 0 Å². The van der Waals surface area contributed by atoms with Gasteiger partial charge in [0, 0.05) is 0 Å². The highest BCUT2D eigenvalue weighted by molar-refractivity contribution is 14.1. The third-order valence-corrected chi connectivity index (χ3v) is 5.71. The lowest BCUT2D eigenvalue weighted by Crippen LogP contribution is -2.16. The van der Waals surface area contributed by atoms with Gasteiger partial charge in [0.1, 0.15) is 0 Å². The minimum absolute atomic E-state index is 0.878. The molecule has 2 bridgehead atoms. The quantitative estimate of drug-likeness (QED) is 0.493. The average molecular weight is 330 g/mol. The second-order valence-corrected chi connectivity index (χ2v) is 6.99. The standard InChI is InChI=1S/C15H23I/c1-4-5-6-14(16)13-9-11-7-8-12(13)15(11)10(2)3/h4-6,10-13,15H,7-9H2,1-3H3/b5-4-,14-6+. The van der Waals surface area contributed by atoms with Crippen LogP contribution in [0, 0.1) is 29.6 Å². The summed E-state index contributed by atoms with van der Waals surface area (Å²) in [5, 5.41) is 0. The Kier molecular flexibility index (Phi) is 4.15. The highest BCUT2D eigenvalue weighted by atomic mass is 127. The molecule has 0 heterocycles. The van der Waals surface area contributed by atoms with Gasteiger partial charge < -0.3 is 0 Å². The molecule has 4 unspecified atom stereocenters. The van der Waals surface area contributed by atoms with Crippen LogP contribution in [0.5, 0.6) is 0 Å². The van der Waals surface area contributed by atoms with Crippen LogP contribution >= 0.6 is 22.6 Å². The van der Waals surface area contributed by atoms with Crippen molar-refractivity contribution >= 4 is 22.6 Å². The third kappa shape index (κ3) is 2.25. The summed E-state index contributed by atoms with van der Waals surface area (Å²) in [6, 6.07) is 0. The average Bonchev–Trinajstić information content (AvgIpc) is 2.82. The van der Waals surface area contributed by atoms with E-state index in [-0.39, 0.29) is 0 Å². The van der Waals surface area contributed by atoms with Crippen molar-refractivity contribution in [2.24, 2.45) is 29.6 Å². The van der Waals surface area contributed by atoms with Gasteiger partial charge in [0.2, 0.25) is 0 Å². The summed E-state index contributed by atoms with van der Waals surface area (Å²) in [6.45, 7) is 6.93. The van der Waals surface area contributed by atoms with Crippen molar-refractivity contribution in [1.82, 2.24) is 0 Å². The fraction of sp³-hybridized carbons (Fsp3) is 0.733. The van der Waals surface area contributed by atoms with Gasteiger partial charge in [-0.05, 0) is 81.9 Å². The minimum Gasteiger partial charge on any atom is -0.0876 e. The maximum atomic E-state index is 2.57. The Balaban J connectivity index is 2.11. The summed E-state index contributed by atoms with van der Waals surface area (Å²) in [7, 11) is 0. The van der Waals surface area contributed by atoms with E-state index in [1.807, 2.05) is 0 Å². The van der Waals surface area contributed by atoms with Crippen LogP contribution in [-0.2, 0) is 0 Å². The molecule has 2 rings (SSSR count). The molecule has 1 heteroatoms. The largest absolute Gasteiger partial charge is 0.0876 e. The number of halogens is 1. The summed E-state index contributed by atoms with van der Waals surface area (Å²) in [4.78, 5) is 0. The molecule has 0 radical (unpaired) electrons. The molecular weight excluding hydrogens is 307 g/mol. The van der Waals surface area contributed by atoms with Crippen LogP contribution in [0.15, 0.2) is 21.8 Å². The molecule has 2 saturated carbocycles. The first kappa shape index (κ1) is 12.7. The zero-order chi connectivity index (χ0) is 11.7. The Morgan fingerprint density at radius 2 is 2.06 bits per heavy atom. The highest BCUT2D eigenvalue weighted by Gasteiger charge is 2.49. The van der Waals surface area contributed by atoms with E-state index in [1.165, 1.54) is 19.3 Å². The molecule has 0 nitrogen and oxygen atoms in total. The molecule has 0 aromatic heterocycles. The zero-order valence-electron chi connectivity index (χ0n) is 10.6. The van der Waals surface area contributed by atoms with Crippen LogP contribution in [0.2, 0.25) is 0 Å². The molecule has 2 aliphatic carbocycles. The Morgan fingerprint density at radius 1 is 1.31 bits per heavy atom. The Morgan fingerprint density at radius 3 is 2.62 bits per heavy atom. The topological polar surface area (TPSA) is 0 Å². The van der Waals surface area contributed by atoms with Crippen molar-refractivity contribution in [1.29, 1.82) is 0 Å². The highest BCUT2D eigenvalue weighted by Crippen LogP contribution is 2.58. The molecule has 0 aliphatic heterocycles. The molecule has 0 N–H and O–H groups in total. The fourth-order valence-corrected chi connectivity index (χ4v) is 4.98. The molecule has 0 aromatic rings. The van der Waals surface area contributed by atoms with Gasteiger partial charge in [-0.1, -0.05) is 32.1 Å². The summed E-state index contributed by atoms with van der Waals surface area (Å²) < 4.78 is 1.59. The van der Waals surface area contributed by atoms with Crippen LogP contribution in [0.4, 0.5) is 0 Å². The molecule has 0 spiro atoms. The van der Waals surface area contributed by atoms with E-state index in [9.17, 15) is 0 Å². The number of rotatable bonds is 3. The van der Waals surface area contributed by atoms with Crippen LogP contribution in [0.3, 0.4) is 0 Å². The predicted molar refractivity (Wildman–Crippen MR) is 79.6 cm³/mol. The van der Waals surface area contributed by atoms with E-state index >= 15 is 0 Å². The fourth-order valence-electron chi connectivity index (χ4n) is 4.05. The van der Waals surface area contributed by atoms with Crippen molar-refractivity contribution in [2.75, 3.05) is 0 Å². The van der Waals surface area contributed by atoms with Crippen molar-refractivity contribution in [3.05, 3.63) is 21.8 Å². The summed E-state index contributed by atoms with van der Waals surface area (Å²) >= 11 is 2.57. The SMILES string of the molecule is C/C=C\C=C(\I)C1CC2CCC1C2C(C)C. The third-order valence-electron chi connectivity index (χ3n) is 4.55. The lowest BCUT2D eigenvalue weighted by atomic mass is 9.84. The molecule has 0 aromatic carbocycles. The van der Waals surface area contributed by atoms with Crippen molar-refractivity contribution in [2.45, 2.75) is 40.0 Å². The van der Waals surface area contributed by atoms with Gasteiger partial charge in [0.25, 0.3) is 0 Å². The van der Waals surface area contributed by atoms with E-state index in [2.05, 4.69) is 61.6 Å². The molecule has 0 saturated heterocycles. The van der Waals surface area contributed by atoms with Crippen LogP contribution in [0.25, 0.3) is 0 Å².